The van der Waals surface area contributed by atoms with Crippen LogP contribution in [-0.4, -0.2) is 32.4 Å². The summed E-state index contributed by atoms with van der Waals surface area (Å²) in [6.45, 7) is 3.54. The summed E-state index contributed by atoms with van der Waals surface area (Å²) in [7, 11) is 1.36. The van der Waals surface area contributed by atoms with Crippen LogP contribution in [0.25, 0.3) is 0 Å². The Morgan fingerprint density at radius 3 is 2.71 bits per heavy atom. The van der Waals surface area contributed by atoms with Gasteiger partial charge in [-0.25, -0.2) is 13.2 Å². The number of carbonyl (C=O) groups is 1. The van der Waals surface area contributed by atoms with Crippen LogP contribution < -0.4 is 5.32 Å². The highest BCUT2D eigenvalue weighted by Crippen LogP contribution is 2.28. The van der Waals surface area contributed by atoms with Gasteiger partial charge in [-0.3, -0.25) is 0 Å². The number of carbonyl (C=O) groups excluding carboxylic acids is 1. The molecule has 0 bridgehead atoms. The minimum Gasteiger partial charge on any atom is -0.324 e. The lowest BCUT2D eigenvalue weighted by atomic mass is 10.0. The minimum atomic E-state index is -3.89. The summed E-state index contributed by atoms with van der Waals surface area (Å²) in [6, 6.07) is 3.91. The number of hydrogen-bond donors (Lipinski definition) is 1. The molecule has 1 aromatic carbocycles. The standard InChI is InChI=1S/C13H16Cl2N2O3S/c1-9-3-2-6-17(8-9)13(18)16-10-4-5-12(11(14)7-10)21(15,19)20/h4-5,7,9H,2-3,6,8H2,1H3,(H,16,18)/t9-/m0/s1. The fourth-order valence-electron chi connectivity index (χ4n) is 2.35. The number of piperidine rings is 1. The van der Waals surface area contributed by atoms with Gasteiger partial charge in [0, 0.05) is 29.5 Å². The largest absolute Gasteiger partial charge is 0.324 e. The van der Waals surface area contributed by atoms with Crippen LogP contribution in [-0.2, 0) is 9.05 Å². The Hall–Kier alpha value is -0.980. The summed E-state index contributed by atoms with van der Waals surface area (Å²) in [5, 5.41) is 2.70. The maximum Gasteiger partial charge on any atom is 0.321 e. The first-order chi connectivity index (χ1) is 9.77. The monoisotopic (exact) mass is 350 g/mol. The quantitative estimate of drug-likeness (QED) is 0.829. The number of nitrogens with one attached hydrogen (secondary N) is 1. The molecule has 0 radical (unpaired) electrons. The molecule has 1 fully saturated rings. The van der Waals surface area contributed by atoms with Crippen molar-refractivity contribution in [3.8, 4) is 0 Å². The molecule has 21 heavy (non-hydrogen) atoms. The van der Waals surface area contributed by atoms with Crippen molar-refractivity contribution in [1.29, 1.82) is 0 Å². The lowest BCUT2D eigenvalue weighted by molar-refractivity contribution is 0.182. The summed E-state index contributed by atoms with van der Waals surface area (Å²) in [6.07, 6.45) is 2.11. The number of hydrogen-bond acceptors (Lipinski definition) is 3. The van der Waals surface area contributed by atoms with Gasteiger partial charge in [-0.05, 0) is 37.0 Å². The molecular weight excluding hydrogens is 335 g/mol. The van der Waals surface area contributed by atoms with Gasteiger partial charge in [0.1, 0.15) is 4.90 Å². The molecule has 1 saturated heterocycles. The first kappa shape index (κ1) is 16.4. The molecule has 5 nitrogen and oxygen atoms in total. The molecule has 0 aliphatic carbocycles. The predicted molar refractivity (Wildman–Crippen MR) is 83.5 cm³/mol. The van der Waals surface area contributed by atoms with Crippen LogP contribution in [0.5, 0.6) is 0 Å². The average molecular weight is 351 g/mol. The van der Waals surface area contributed by atoms with Gasteiger partial charge in [-0.15, -0.1) is 0 Å². The Kier molecular flexibility index (Phi) is 5.01. The van der Waals surface area contributed by atoms with Crippen LogP contribution in [0.2, 0.25) is 5.02 Å². The van der Waals surface area contributed by atoms with Gasteiger partial charge >= 0.3 is 6.03 Å². The van der Waals surface area contributed by atoms with E-state index in [1.165, 1.54) is 18.2 Å². The van der Waals surface area contributed by atoms with Gasteiger partial charge in [-0.1, -0.05) is 18.5 Å². The van der Waals surface area contributed by atoms with Gasteiger partial charge in [0.2, 0.25) is 0 Å². The lowest BCUT2D eigenvalue weighted by Gasteiger charge is -2.30. The molecule has 1 heterocycles. The average Bonchev–Trinajstić information content (AvgIpc) is 2.37. The van der Waals surface area contributed by atoms with Crippen molar-refractivity contribution in [2.24, 2.45) is 5.92 Å². The van der Waals surface area contributed by atoms with E-state index >= 15 is 0 Å². The molecule has 0 aromatic heterocycles. The number of rotatable bonds is 2. The molecule has 1 aromatic rings. The molecule has 0 spiro atoms. The Bertz CT molecular complexity index is 649. The number of benzene rings is 1. The van der Waals surface area contributed by atoms with E-state index in [2.05, 4.69) is 12.2 Å². The highest BCUT2D eigenvalue weighted by molar-refractivity contribution is 8.13. The van der Waals surface area contributed by atoms with E-state index in [4.69, 9.17) is 22.3 Å². The van der Waals surface area contributed by atoms with Crippen molar-refractivity contribution in [2.45, 2.75) is 24.7 Å². The summed E-state index contributed by atoms with van der Waals surface area (Å²) in [5.74, 6) is 0.483. The van der Waals surface area contributed by atoms with Crippen LogP contribution in [0, 0.1) is 5.92 Å². The number of anilines is 1. The van der Waals surface area contributed by atoms with Crippen molar-refractivity contribution < 1.29 is 13.2 Å². The predicted octanol–water partition coefficient (Wildman–Crippen LogP) is 3.53. The van der Waals surface area contributed by atoms with Gasteiger partial charge < -0.3 is 10.2 Å². The smallest absolute Gasteiger partial charge is 0.321 e. The maximum absolute atomic E-state index is 12.1. The van der Waals surface area contributed by atoms with Crippen molar-refractivity contribution in [3.05, 3.63) is 23.2 Å². The third-order valence-corrected chi connectivity index (χ3v) is 5.19. The fraction of sp³-hybridized carbons (Fsp3) is 0.462. The Balaban J connectivity index is 2.10. The molecule has 1 aliphatic rings. The highest BCUT2D eigenvalue weighted by Gasteiger charge is 2.21. The van der Waals surface area contributed by atoms with Crippen molar-refractivity contribution in [1.82, 2.24) is 4.90 Å². The molecule has 1 aliphatic heterocycles. The second kappa shape index (κ2) is 6.42. The van der Waals surface area contributed by atoms with Gasteiger partial charge in [0.25, 0.3) is 9.05 Å². The zero-order valence-electron chi connectivity index (χ0n) is 11.5. The molecule has 1 N–H and O–H groups in total. The minimum absolute atomic E-state index is 0.0187. The molecule has 1 atom stereocenters. The molecule has 116 valence electrons. The van der Waals surface area contributed by atoms with E-state index in [1.54, 1.807) is 4.90 Å². The van der Waals surface area contributed by atoms with E-state index in [-0.39, 0.29) is 15.9 Å². The van der Waals surface area contributed by atoms with E-state index in [0.29, 0.717) is 18.2 Å². The molecule has 0 unspecified atom stereocenters. The molecule has 2 amide bonds. The van der Waals surface area contributed by atoms with Crippen molar-refractivity contribution in [2.75, 3.05) is 18.4 Å². The topological polar surface area (TPSA) is 66.5 Å². The van der Waals surface area contributed by atoms with E-state index in [0.717, 1.165) is 19.4 Å². The normalized spacial score (nSPS) is 19.4. The second-order valence-electron chi connectivity index (χ2n) is 5.21. The molecule has 0 saturated carbocycles. The Morgan fingerprint density at radius 2 is 2.14 bits per heavy atom. The first-order valence-corrected chi connectivity index (χ1v) is 9.26. The zero-order valence-corrected chi connectivity index (χ0v) is 13.8. The second-order valence-corrected chi connectivity index (χ2v) is 8.15. The summed E-state index contributed by atoms with van der Waals surface area (Å²) in [5.41, 5.74) is 0.437. The summed E-state index contributed by atoms with van der Waals surface area (Å²) in [4.78, 5) is 13.7. The zero-order chi connectivity index (χ0) is 15.6. The third kappa shape index (κ3) is 4.25. The van der Waals surface area contributed by atoms with E-state index in [9.17, 15) is 13.2 Å². The highest BCUT2D eigenvalue weighted by atomic mass is 35.7. The number of nitrogens with zero attached hydrogens (tertiary/aromatic N) is 1. The summed E-state index contributed by atoms with van der Waals surface area (Å²) >= 11 is 5.88. The van der Waals surface area contributed by atoms with Gasteiger partial charge in [-0.2, -0.15) is 0 Å². The van der Waals surface area contributed by atoms with Gasteiger partial charge in [0.15, 0.2) is 0 Å². The van der Waals surface area contributed by atoms with E-state index in [1.807, 2.05) is 0 Å². The maximum atomic E-state index is 12.1. The Morgan fingerprint density at radius 1 is 1.43 bits per heavy atom. The van der Waals surface area contributed by atoms with Crippen LogP contribution in [0.3, 0.4) is 0 Å². The third-order valence-electron chi connectivity index (χ3n) is 3.39. The van der Waals surface area contributed by atoms with Crippen LogP contribution in [0.15, 0.2) is 23.1 Å². The number of likely N-dealkylation sites (tertiary alicyclic amines) is 1. The fourth-order valence-corrected chi connectivity index (χ4v) is 3.88. The molecule has 8 heteroatoms. The van der Waals surface area contributed by atoms with Crippen LogP contribution in [0.4, 0.5) is 10.5 Å². The van der Waals surface area contributed by atoms with Gasteiger partial charge in [0.05, 0.1) is 5.02 Å². The molecular formula is C13H16Cl2N2O3S. The number of halogens is 2. The molecule has 2 rings (SSSR count). The van der Waals surface area contributed by atoms with Crippen LogP contribution >= 0.6 is 22.3 Å². The van der Waals surface area contributed by atoms with Crippen molar-refractivity contribution >= 4 is 43.1 Å². The SMILES string of the molecule is C[C@H]1CCCN(C(=O)Nc2ccc(S(=O)(=O)Cl)c(Cl)c2)C1. The van der Waals surface area contributed by atoms with Crippen LogP contribution in [0.1, 0.15) is 19.8 Å². The van der Waals surface area contributed by atoms with E-state index < -0.39 is 9.05 Å². The van der Waals surface area contributed by atoms with Crippen molar-refractivity contribution in [3.63, 3.8) is 0 Å². The first-order valence-electron chi connectivity index (χ1n) is 6.57. The number of amides is 2. The lowest BCUT2D eigenvalue weighted by Crippen LogP contribution is -2.41. The number of urea groups is 1. The Labute approximate surface area is 133 Å². The summed E-state index contributed by atoms with van der Waals surface area (Å²) < 4.78 is 22.5.